The molecule has 0 fully saturated rings. The Labute approximate surface area is 132 Å². The number of para-hydroxylation sites is 2. The van der Waals surface area contributed by atoms with Crippen molar-refractivity contribution in [1.82, 2.24) is 9.55 Å². The fourth-order valence-electron chi connectivity index (χ4n) is 4.14. The Morgan fingerprint density at radius 2 is 1.91 bits per heavy atom. The maximum atomic E-state index is 14.6. The fourth-order valence-corrected chi connectivity index (χ4v) is 4.14. The summed E-state index contributed by atoms with van der Waals surface area (Å²) < 4.78 is 16.3. The monoisotopic (exact) mass is 300 g/mol. The van der Waals surface area contributed by atoms with E-state index in [2.05, 4.69) is 45.7 Å². The molecule has 2 nitrogen and oxygen atoms in total. The third-order valence-corrected chi connectivity index (χ3v) is 5.65. The van der Waals surface area contributed by atoms with Gasteiger partial charge >= 0.3 is 0 Å². The van der Waals surface area contributed by atoms with Crippen LogP contribution in [0.2, 0.25) is 0 Å². The summed E-state index contributed by atoms with van der Waals surface area (Å²) in [5, 5.41) is 0. The van der Waals surface area contributed by atoms with Crippen LogP contribution in [0.15, 0.2) is 30.3 Å². The number of imidazole rings is 1. The second-order valence-corrected chi connectivity index (χ2v) is 7.32. The van der Waals surface area contributed by atoms with Crippen LogP contribution in [-0.2, 0) is 0 Å². The number of benzene rings is 1. The Hall–Kier alpha value is -1.64. The highest BCUT2D eigenvalue weighted by Gasteiger charge is 2.46. The molecule has 1 heterocycles. The Balaban J connectivity index is 2.20. The summed E-state index contributed by atoms with van der Waals surface area (Å²) in [6.45, 7) is 11.3. The molecular formula is C19H25FN2. The van der Waals surface area contributed by atoms with Gasteiger partial charge in [-0.3, -0.25) is 4.57 Å². The van der Waals surface area contributed by atoms with Crippen molar-refractivity contribution in [3.63, 3.8) is 0 Å². The first kappa shape index (κ1) is 15.3. The van der Waals surface area contributed by atoms with Crippen LogP contribution in [0, 0.1) is 29.2 Å². The largest absolute Gasteiger partial charge is 0.294 e. The summed E-state index contributed by atoms with van der Waals surface area (Å²) in [4.78, 5) is 4.11. The van der Waals surface area contributed by atoms with Crippen molar-refractivity contribution in [3.8, 4) is 0 Å². The topological polar surface area (TPSA) is 17.8 Å². The van der Waals surface area contributed by atoms with Gasteiger partial charge in [0.25, 0.3) is 6.08 Å². The Bertz CT molecular complexity index is 726. The summed E-state index contributed by atoms with van der Waals surface area (Å²) in [6, 6.07) is 7.68. The fraction of sp³-hybridized carbons (Fsp3) is 0.526. The molecule has 0 saturated heterocycles. The van der Waals surface area contributed by atoms with Crippen molar-refractivity contribution in [1.29, 1.82) is 0 Å². The molecule has 1 aromatic heterocycles. The van der Waals surface area contributed by atoms with Gasteiger partial charge in [0.1, 0.15) is 0 Å². The van der Waals surface area contributed by atoms with E-state index in [4.69, 9.17) is 0 Å². The van der Waals surface area contributed by atoms with Crippen LogP contribution in [0.1, 0.15) is 41.0 Å². The van der Waals surface area contributed by atoms with E-state index in [9.17, 15) is 4.39 Å². The predicted octanol–water partition coefficient (Wildman–Crippen LogP) is 5.35. The van der Waals surface area contributed by atoms with Gasteiger partial charge in [-0.1, -0.05) is 52.8 Å². The molecule has 3 heteroatoms. The smallest absolute Gasteiger partial charge is 0.272 e. The number of halogens is 1. The van der Waals surface area contributed by atoms with Gasteiger partial charge in [0.2, 0.25) is 0 Å². The lowest BCUT2D eigenvalue weighted by Crippen LogP contribution is -2.35. The van der Waals surface area contributed by atoms with E-state index in [0.717, 1.165) is 23.2 Å². The van der Waals surface area contributed by atoms with Crippen LogP contribution in [0.25, 0.3) is 16.7 Å². The summed E-state index contributed by atoms with van der Waals surface area (Å²) in [5.41, 5.74) is 2.62. The van der Waals surface area contributed by atoms with Crippen molar-refractivity contribution in [2.24, 2.45) is 23.2 Å². The molecule has 3 rings (SSSR count). The molecule has 22 heavy (non-hydrogen) atoms. The van der Waals surface area contributed by atoms with Crippen LogP contribution in [0.3, 0.4) is 0 Å². The van der Waals surface area contributed by atoms with Gasteiger partial charge in [-0.05, 0) is 36.3 Å². The highest BCUT2D eigenvalue weighted by Crippen LogP contribution is 2.54. The minimum atomic E-state index is -0.399. The molecular weight excluding hydrogens is 275 g/mol. The van der Waals surface area contributed by atoms with Gasteiger partial charge in [0.05, 0.1) is 11.0 Å². The van der Waals surface area contributed by atoms with Gasteiger partial charge in [0, 0.05) is 11.1 Å². The molecule has 0 bridgehead atoms. The van der Waals surface area contributed by atoms with E-state index in [-0.39, 0.29) is 5.41 Å². The molecule has 1 aromatic carbocycles. The molecule has 118 valence electrons. The summed E-state index contributed by atoms with van der Waals surface area (Å²) in [5.74, 6) is 1.54. The van der Waals surface area contributed by atoms with Crippen molar-refractivity contribution < 1.29 is 4.39 Å². The highest BCUT2D eigenvalue weighted by molar-refractivity contribution is 5.80. The van der Waals surface area contributed by atoms with Crippen LogP contribution in [0.4, 0.5) is 4.39 Å². The Kier molecular flexibility index (Phi) is 3.62. The SMILES string of the molecule is CC(C)C1CC=C(n2c(F)nc3ccccc32)[C@@]1(C)C(C)C. The van der Waals surface area contributed by atoms with Crippen LogP contribution in [-0.4, -0.2) is 9.55 Å². The number of allylic oxidation sites excluding steroid dienone is 2. The second kappa shape index (κ2) is 5.22. The molecule has 1 aliphatic carbocycles. The van der Waals surface area contributed by atoms with E-state index >= 15 is 0 Å². The van der Waals surface area contributed by atoms with Crippen molar-refractivity contribution in [3.05, 3.63) is 36.4 Å². The minimum absolute atomic E-state index is 0.0432. The van der Waals surface area contributed by atoms with Crippen molar-refractivity contribution in [2.75, 3.05) is 0 Å². The first-order chi connectivity index (χ1) is 10.4. The van der Waals surface area contributed by atoms with Crippen LogP contribution in [0.5, 0.6) is 0 Å². The molecule has 1 aliphatic rings. The van der Waals surface area contributed by atoms with Crippen molar-refractivity contribution in [2.45, 2.75) is 41.0 Å². The highest BCUT2D eigenvalue weighted by atomic mass is 19.1. The molecule has 0 aliphatic heterocycles. The average Bonchev–Trinajstić information content (AvgIpc) is 2.96. The molecule has 0 amide bonds. The van der Waals surface area contributed by atoms with Crippen LogP contribution >= 0.6 is 0 Å². The van der Waals surface area contributed by atoms with Gasteiger partial charge in [-0.25, -0.2) is 4.98 Å². The maximum absolute atomic E-state index is 14.6. The molecule has 0 saturated carbocycles. The number of nitrogens with zero attached hydrogens (tertiary/aromatic N) is 2. The summed E-state index contributed by atoms with van der Waals surface area (Å²) >= 11 is 0. The number of rotatable bonds is 3. The standard InChI is InChI=1S/C19H25FN2/c1-12(2)14-10-11-17(19(14,5)13(3)4)22-16-9-7-6-8-15(16)21-18(22)20/h6-9,11-14H,10H2,1-5H3/t14?,19-/m0/s1. The summed E-state index contributed by atoms with van der Waals surface area (Å²) in [7, 11) is 0. The summed E-state index contributed by atoms with van der Waals surface area (Å²) in [6.07, 6.45) is 2.83. The van der Waals surface area contributed by atoms with E-state index < -0.39 is 6.08 Å². The lowest BCUT2D eigenvalue weighted by molar-refractivity contribution is 0.152. The van der Waals surface area contributed by atoms with Gasteiger partial charge in [-0.15, -0.1) is 0 Å². The quantitative estimate of drug-likeness (QED) is 0.746. The zero-order chi connectivity index (χ0) is 16.1. The Morgan fingerprint density at radius 1 is 1.23 bits per heavy atom. The van der Waals surface area contributed by atoms with E-state index in [1.165, 1.54) is 0 Å². The van der Waals surface area contributed by atoms with E-state index in [1.807, 2.05) is 24.3 Å². The predicted molar refractivity (Wildman–Crippen MR) is 89.9 cm³/mol. The first-order valence-electron chi connectivity index (χ1n) is 8.21. The average molecular weight is 300 g/mol. The molecule has 2 aromatic rings. The normalized spacial score (nSPS) is 25.5. The van der Waals surface area contributed by atoms with Gasteiger partial charge in [0.15, 0.2) is 0 Å². The second-order valence-electron chi connectivity index (χ2n) is 7.32. The Morgan fingerprint density at radius 3 is 2.55 bits per heavy atom. The number of fused-ring (bicyclic) bond motifs is 1. The lowest BCUT2D eigenvalue weighted by atomic mass is 9.66. The molecule has 0 N–H and O–H groups in total. The third kappa shape index (κ3) is 2.02. The van der Waals surface area contributed by atoms with Gasteiger partial charge < -0.3 is 0 Å². The molecule has 0 spiro atoms. The third-order valence-electron chi connectivity index (χ3n) is 5.65. The van der Waals surface area contributed by atoms with E-state index in [0.29, 0.717) is 17.8 Å². The van der Waals surface area contributed by atoms with E-state index in [1.54, 1.807) is 4.57 Å². The van der Waals surface area contributed by atoms with Crippen molar-refractivity contribution >= 4 is 16.7 Å². The minimum Gasteiger partial charge on any atom is -0.272 e. The molecule has 1 unspecified atom stereocenters. The number of aromatic nitrogens is 2. The zero-order valence-corrected chi connectivity index (χ0v) is 14.1. The molecule has 2 atom stereocenters. The first-order valence-corrected chi connectivity index (χ1v) is 8.21. The van der Waals surface area contributed by atoms with Gasteiger partial charge in [-0.2, -0.15) is 4.39 Å². The molecule has 0 radical (unpaired) electrons. The zero-order valence-electron chi connectivity index (χ0n) is 14.1. The maximum Gasteiger partial charge on any atom is 0.294 e. The van der Waals surface area contributed by atoms with Crippen LogP contribution < -0.4 is 0 Å². The number of hydrogen-bond donors (Lipinski definition) is 0. The lowest BCUT2D eigenvalue weighted by Gasteiger charge is -2.41. The number of hydrogen-bond acceptors (Lipinski definition) is 1.